The van der Waals surface area contributed by atoms with Gasteiger partial charge in [0.25, 0.3) is 0 Å². The van der Waals surface area contributed by atoms with Crippen molar-refractivity contribution in [1.29, 1.82) is 0 Å². The molecule has 3 heterocycles. The molecule has 0 fully saturated rings. The van der Waals surface area contributed by atoms with Crippen molar-refractivity contribution in [3.8, 4) is 22.7 Å². The van der Waals surface area contributed by atoms with E-state index in [1.54, 1.807) is 18.7 Å². The van der Waals surface area contributed by atoms with Crippen LogP contribution in [-0.4, -0.2) is 19.6 Å². The van der Waals surface area contributed by atoms with E-state index in [-0.39, 0.29) is 0 Å². The molecule has 0 radical (unpaired) electrons. The molecule has 2 aromatic carbocycles. The SMILES string of the molecule is O[C@@H](Cn1cnc(-c2ccccc2)c1-c1cc2ccccc2o1)c1cccnc1. The van der Waals surface area contributed by atoms with Gasteiger partial charge in [-0.25, -0.2) is 4.98 Å². The van der Waals surface area contributed by atoms with Crippen molar-refractivity contribution in [2.24, 2.45) is 0 Å². The fourth-order valence-electron chi connectivity index (χ4n) is 3.55. The lowest BCUT2D eigenvalue weighted by Gasteiger charge is -2.14. The molecule has 0 unspecified atom stereocenters. The second-order valence-electron chi connectivity index (χ2n) is 6.91. The zero-order chi connectivity index (χ0) is 19.6. The van der Waals surface area contributed by atoms with E-state index in [2.05, 4.69) is 9.97 Å². The predicted molar refractivity (Wildman–Crippen MR) is 112 cm³/mol. The summed E-state index contributed by atoms with van der Waals surface area (Å²) in [5.41, 5.74) is 4.25. The number of imidazole rings is 1. The smallest absolute Gasteiger partial charge is 0.154 e. The number of aliphatic hydroxyl groups is 1. The number of nitrogens with zero attached hydrogens (tertiary/aromatic N) is 3. The van der Waals surface area contributed by atoms with E-state index in [0.29, 0.717) is 6.54 Å². The highest BCUT2D eigenvalue weighted by molar-refractivity contribution is 5.85. The number of rotatable bonds is 5. The van der Waals surface area contributed by atoms with Crippen LogP contribution < -0.4 is 0 Å². The standard InChI is InChI=1S/C24H19N3O2/c28-20(19-10-6-12-25-14-19)15-27-16-26-23(17-7-2-1-3-8-17)24(27)22-13-18-9-4-5-11-21(18)29-22/h1-14,16,20,28H,15H2/t20-/m0/s1. The molecular weight excluding hydrogens is 362 g/mol. The summed E-state index contributed by atoms with van der Waals surface area (Å²) in [6.07, 6.45) is 4.43. The Balaban J connectivity index is 1.62. The molecule has 5 heteroatoms. The average molecular weight is 381 g/mol. The lowest BCUT2D eigenvalue weighted by molar-refractivity contribution is 0.156. The summed E-state index contributed by atoms with van der Waals surface area (Å²) in [7, 11) is 0. The van der Waals surface area contributed by atoms with Gasteiger partial charge in [0, 0.05) is 28.9 Å². The van der Waals surface area contributed by atoms with Gasteiger partial charge in [-0.1, -0.05) is 54.6 Å². The number of pyridine rings is 1. The monoisotopic (exact) mass is 381 g/mol. The summed E-state index contributed by atoms with van der Waals surface area (Å²) in [6.45, 7) is 0.345. The molecule has 0 bridgehead atoms. The zero-order valence-electron chi connectivity index (χ0n) is 15.6. The highest BCUT2D eigenvalue weighted by Gasteiger charge is 2.20. The molecule has 0 amide bonds. The zero-order valence-corrected chi connectivity index (χ0v) is 15.6. The summed E-state index contributed by atoms with van der Waals surface area (Å²) >= 11 is 0. The van der Waals surface area contributed by atoms with Crippen molar-refractivity contribution >= 4 is 11.0 Å². The second-order valence-corrected chi connectivity index (χ2v) is 6.91. The third-order valence-corrected chi connectivity index (χ3v) is 4.98. The Morgan fingerprint density at radius 2 is 1.79 bits per heavy atom. The Morgan fingerprint density at radius 1 is 0.966 bits per heavy atom. The number of para-hydroxylation sites is 1. The first-order valence-electron chi connectivity index (χ1n) is 9.47. The molecule has 0 aliphatic carbocycles. The summed E-state index contributed by atoms with van der Waals surface area (Å²) in [5, 5.41) is 11.8. The van der Waals surface area contributed by atoms with Crippen molar-refractivity contribution in [2.45, 2.75) is 12.6 Å². The van der Waals surface area contributed by atoms with Crippen LogP contribution in [0.3, 0.4) is 0 Å². The van der Waals surface area contributed by atoms with Gasteiger partial charge in [0.2, 0.25) is 0 Å². The number of benzene rings is 2. The Hall–Kier alpha value is -3.70. The first kappa shape index (κ1) is 17.4. The normalized spacial score (nSPS) is 12.3. The average Bonchev–Trinajstić information content (AvgIpc) is 3.38. The topological polar surface area (TPSA) is 64.1 Å². The van der Waals surface area contributed by atoms with Gasteiger partial charge in [0.1, 0.15) is 11.3 Å². The van der Waals surface area contributed by atoms with Crippen LogP contribution in [0.15, 0.2) is 95.9 Å². The van der Waals surface area contributed by atoms with Crippen LogP contribution in [0.25, 0.3) is 33.7 Å². The van der Waals surface area contributed by atoms with Crippen LogP contribution in [-0.2, 0) is 6.54 Å². The van der Waals surface area contributed by atoms with Crippen LogP contribution in [0.5, 0.6) is 0 Å². The Kier molecular flexibility index (Phi) is 4.42. The second kappa shape index (κ2) is 7.37. The summed E-state index contributed by atoms with van der Waals surface area (Å²) < 4.78 is 8.09. The van der Waals surface area contributed by atoms with E-state index < -0.39 is 6.10 Å². The van der Waals surface area contributed by atoms with Gasteiger partial charge in [-0.05, 0) is 18.2 Å². The molecule has 1 atom stereocenters. The van der Waals surface area contributed by atoms with Crippen molar-refractivity contribution in [3.63, 3.8) is 0 Å². The van der Waals surface area contributed by atoms with Gasteiger partial charge >= 0.3 is 0 Å². The van der Waals surface area contributed by atoms with Crippen molar-refractivity contribution in [1.82, 2.24) is 14.5 Å². The largest absolute Gasteiger partial charge is 0.454 e. The maximum atomic E-state index is 10.7. The van der Waals surface area contributed by atoms with Crippen molar-refractivity contribution < 1.29 is 9.52 Å². The summed E-state index contributed by atoms with van der Waals surface area (Å²) in [4.78, 5) is 8.76. The Morgan fingerprint density at radius 3 is 2.59 bits per heavy atom. The van der Waals surface area contributed by atoms with E-state index in [1.807, 2.05) is 77.4 Å². The summed E-state index contributed by atoms with van der Waals surface area (Å²) in [5.74, 6) is 0.723. The molecule has 0 saturated heterocycles. The third-order valence-electron chi connectivity index (χ3n) is 4.98. The maximum Gasteiger partial charge on any atom is 0.154 e. The number of hydrogen-bond acceptors (Lipinski definition) is 4. The van der Waals surface area contributed by atoms with Crippen LogP contribution in [0, 0.1) is 0 Å². The molecule has 142 valence electrons. The lowest BCUT2D eigenvalue weighted by Crippen LogP contribution is -2.09. The number of aliphatic hydroxyl groups excluding tert-OH is 1. The minimum absolute atomic E-state index is 0.345. The first-order valence-corrected chi connectivity index (χ1v) is 9.47. The quantitative estimate of drug-likeness (QED) is 0.460. The van der Waals surface area contributed by atoms with E-state index in [9.17, 15) is 5.11 Å². The van der Waals surface area contributed by atoms with Gasteiger partial charge in [0.15, 0.2) is 5.76 Å². The minimum atomic E-state index is -0.704. The fraction of sp³-hybridized carbons (Fsp3) is 0.0833. The molecule has 29 heavy (non-hydrogen) atoms. The predicted octanol–water partition coefficient (Wildman–Crippen LogP) is 5.09. The third kappa shape index (κ3) is 3.32. The lowest BCUT2D eigenvalue weighted by atomic mass is 10.1. The van der Waals surface area contributed by atoms with E-state index in [4.69, 9.17) is 4.42 Å². The Labute approximate surface area is 167 Å². The Bertz CT molecular complexity index is 1210. The van der Waals surface area contributed by atoms with Crippen LogP contribution in [0.2, 0.25) is 0 Å². The molecule has 5 nitrogen and oxygen atoms in total. The van der Waals surface area contributed by atoms with E-state index in [1.165, 1.54) is 0 Å². The van der Waals surface area contributed by atoms with E-state index >= 15 is 0 Å². The highest BCUT2D eigenvalue weighted by Crippen LogP contribution is 2.35. The van der Waals surface area contributed by atoms with Crippen LogP contribution in [0.4, 0.5) is 0 Å². The molecule has 0 spiro atoms. The molecular formula is C24H19N3O2. The van der Waals surface area contributed by atoms with Gasteiger partial charge in [-0.15, -0.1) is 0 Å². The van der Waals surface area contributed by atoms with Gasteiger partial charge in [-0.3, -0.25) is 4.98 Å². The maximum absolute atomic E-state index is 10.7. The van der Waals surface area contributed by atoms with Crippen molar-refractivity contribution in [3.05, 3.63) is 97.1 Å². The van der Waals surface area contributed by atoms with Crippen molar-refractivity contribution in [2.75, 3.05) is 0 Å². The van der Waals surface area contributed by atoms with Crippen LogP contribution >= 0.6 is 0 Å². The molecule has 5 rings (SSSR count). The molecule has 1 N–H and O–H groups in total. The first-order chi connectivity index (χ1) is 14.3. The molecule has 0 aliphatic rings. The number of aromatic nitrogens is 3. The highest BCUT2D eigenvalue weighted by atomic mass is 16.3. The summed E-state index contributed by atoms with van der Waals surface area (Å²) in [6, 6.07) is 23.6. The molecule has 5 aromatic rings. The number of hydrogen-bond donors (Lipinski definition) is 1. The molecule has 3 aromatic heterocycles. The van der Waals surface area contributed by atoms with E-state index in [0.717, 1.165) is 39.2 Å². The van der Waals surface area contributed by atoms with Gasteiger partial charge < -0.3 is 14.1 Å². The fourth-order valence-corrected chi connectivity index (χ4v) is 3.55. The number of fused-ring (bicyclic) bond motifs is 1. The van der Waals surface area contributed by atoms with Crippen LogP contribution in [0.1, 0.15) is 11.7 Å². The van der Waals surface area contributed by atoms with Gasteiger partial charge in [0.05, 0.1) is 24.7 Å². The molecule has 0 saturated carbocycles. The number of furan rings is 1. The minimum Gasteiger partial charge on any atom is -0.454 e. The van der Waals surface area contributed by atoms with Gasteiger partial charge in [-0.2, -0.15) is 0 Å². The molecule has 0 aliphatic heterocycles.